The van der Waals surface area contributed by atoms with E-state index in [-0.39, 0.29) is 18.0 Å². The van der Waals surface area contributed by atoms with E-state index in [9.17, 15) is 13.5 Å². The molecule has 5 nitrogen and oxygen atoms in total. The van der Waals surface area contributed by atoms with E-state index in [1.165, 1.54) is 0 Å². The van der Waals surface area contributed by atoms with Gasteiger partial charge in [-0.25, -0.2) is 8.42 Å². The van der Waals surface area contributed by atoms with Crippen molar-refractivity contribution in [2.75, 3.05) is 13.2 Å². The Balaban J connectivity index is 2.25. The van der Waals surface area contributed by atoms with E-state index in [2.05, 4.69) is 0 Å². The summed E-state index contributed by atoms with van der Waals surface area (Å²) >= 11 is 0. The first-order valence-electron chi connectivity index (χ1n) is 5.46. The molecule has 1 saturated heterocycles. The summed E-state index contributed by atoms with van der Waals surface area (Å²) in [6.07, 6.45) is 0.110. The Labute approximate surface area is 101 Å². The molecule has 0 saturated carbocycles. The first-order valence-corrected chi connectivity index (χ1v) is 6.90. The standard InChI is InChI=1S/C11H15NO4S/c1-2-9-3-5-11(6-4-9)17(14,15)12-7-10(13)8-16-12/h3-6,10,13H,2,7-8H2,1H3. The molecule has 1 fully saturated rings. The second-order valence-corrected chi connectivity index (χ2v) is 5.77. The minimum absolute atomic E-state index is 0.0160. The highest BCUT2D eigenvalue weighted by molar-refractivity contribution is 7.89. The van der Waals surface area contributed by atoms with Gasteiger partial charge < -0.3 is 5.11 Å². The zero-order valence-electron chi connectivity index (χ0n) is 9.54. The molecule has 1 aromatic rings. The van der Waals surface area contributed by atoms with Gasteiger partial charge in [-0.05, 0) is 24.1 Å². The maximum absolute atomic E-state index is 12.1. The molecule has 0 bridgehead atoms. The Morgan fingerprint density at radius 1 is 1.41 bits per heavy atom. The second kappa shape index (κ2) is 4.73. The summed E-state index contributed by atoms with van der Waals surface area (Å²) in [5, 5.41) is 9.26. The number of hydroxylamine groups is 1. The van der Waals surface area contributed by atoms with E-state index in [1.807, 2.05) is 6.92 Å². The van der Waals surface area contributed by atoms with E-state index >= 15 is 0 Å². The Kier molecular flexibility index (Phi) is 3.48. The Morgan fingerprint density at radius 2 is 2.06 bits per heavy atom. The van der Waals surface area contributed by atoms with Crippen LogP contribution in [0.25, 0.3) is 0 Å². The molecule has 6 heteroatoms. The number of aliphatic hydroxyl groups is 1. The van der Waals surface area contributed by atoms with Crippen LogP contribution in [0.4, 0.5) is 0 Å². The molecular weight excluding hydrogens is 242 g/mol. The normalized spacial score (nSPS) is 21.9. The number of benzene rings is 1. The summed E-state index contributed by atoms with van der Waals surface area (Å²) in [6, 6.07) is 6.67. The number of rotatable bonds is 3. The largest absolute Gasteiger partial charge is 0.389 e. The van der Waals surface area contributed by atoms with E-state index in [0.29, 0.717) is 0 Å². The van der Waals surface area contributed by atoms with Crippen molar-refractivity contribution in [3.8, 4) is 0 Å². The van der Waals surface area contributed by atoms with E-state index < -0.39 is 16.1 Å². The van der Waals surface area contributed by atoms with Gasteiger partial charge in [0.1, 0.15) is 0 Å². The lowest BCUT2D eigenvalue weighted by Gasteiger charge is -2.14. The molecule has 0 aromatic heterocycles. The molecule has 17 heavy (non-hydrogen) atoms. The summed E-state index contributed by atoms with van der Waals surface area (Å²) in [5.74, 6) is 0. The van der Waals surface area contributed by atoms with Gasteiger partial charge in [-0.1, -0.05) is 23.5 Å². The molecule has 0 spiro atoms. The molecule has 94 valence electrons. The van der Waals surface area contributed by atoms with Gasteiger partial charge in [0.2, 0.25) is 0 Å². The van der Waals surface area contributed by atoms with Gasteiger partial charge >= 0.3 is 0 Å². The van der Waals surface area contributed by atoms with Crippen LogP contribution in [0.15, 0.2) is 29.2 Å². The molecule has 0 amide bonds. The number of hydrogen-bond acceptors (Lipinski definition) is 4. The topological polar surface area (TPSA) is 66.8 Å². The second-order valence-electron chi connectivity index (χ2n) is 3.94. The zero-order chi connectivity index (χ0) is 12.5. The number of hydrogen-bond donors (Lipinski definition) is 1. The van der Waals surface area contributed by atoms with Crippen molar-refractivity contribution in [1.82, 2.24) is 4.47 Å². The number of β-amino-alcohol motifs (C(OH)–C–C–N with tert-alkyl or cyclic N) is 1. The fraction of sp³-hybridized carbons (Fsp3) is 0.455. The zero-order valence-corrected chi connectivity index (χ0v) is 10.4. The molecule has 1 unspecified atom stereocenters. The van der Waals surface area contributed by atoms with Gasteiger partial charge in [0.15, 0.2) is 0 Å². The fourth-order valence-electron chi connectivity index (χ4n) is 1.63. The van der Waals surface area contributed by atoms with Crippen molar-refractivity contribution < 1.29 is 18.4 Å². The van der Waals surface area contributed by atoms with Crippen molar-refractivity contribution in [1.29, 1.82) is 0 Å². The molecule has 1 atom stereocenters. The number of aliphatic hydroxyl groups excluding tert-OH is 1. The number of nitrogens with zero attached hydrogens (tertiary/aromatic N) is 1. The van der Waals surface area contributed by atoms with Gasteiger partial charge in [0.25, 0.3) is 10.0 Å². The highest BCUT2D eigenvalue weighted by Gasteiger charge is 2.33. The SMILES string of the molecule is CCc1ccc(S(=O)(=O)N2CC(O)CO2)cc1. The minimum Gasteiger partial charge on any atom is -0.389 e. The van der Waals surface area contributed by atoms with Crippen molar-refractivity contribution in [2.24, 2.45) is 0 Å². The van der Waals surface area contributed by atoms with E-state index in [4.69, 9.17) is 4.84 Å². The summed E-state index contributed by atoms with van der Waals surface area (Å²) in [5.41, 5.74) is 1.08. The number of aryl methyl sites for hydroxylation is 1. The van der Waals surface area contributed by atoms with E-state index in [0.717, 1.165) is 16.5 Å². The Morgan fingerprint density at radius 3 is 2.53 bits per heavy atom. The molecule has 0 radical (unpaired) electrons. The monoisotopic (exact) mass is 257 g/mol. The average molecular weight is 257 g/mol. The summed E-state index contributed by atoms with van der Waals surface area (Å²) in [4.78, 5) is 5.12. The molecule has 0 aliphatic carbocycles. The van der Waals surface area contributed by atoms with Gasteiger partial charge in [-0.15, -0.1) is 0 Å². The maximum Gasteiger partial charge on any atom is 0.265 e. The molecule has 1 aliphatic heterocycles. The van der Waals surface area contributed by atoms with Crippen molar-refractivity contribution >= 4 is 10.0 Å². The smallest absolute Gasteiger partial charge is 0.265 e. The highest BCUT2D eigenvalue weighted by Crippen LogP contribution is 2.20. The van der Waals surface area contributed by atoms with Gasteiger partial charge in [0, 0.05) is 0 Å². The van der Waals surface area contributed by atoms with Crippen LogP contribution in [0.2, 0.25) is 0 Å². The molecule has 1 N–H and O–H groups in total. The molecule has 1 aromatic carbocycles. The maximum atomic E-state index is 12.1. The lowest BCUT2D eigenvalue weighted by molar-refractivity contribution is -0.0316. The van der Waals surface area contributed by atoms with Crippen LogP contribution in [0.1, 0.15) is 12.5 Å². The van der Waals surface area contributed by atoms with Crippen LogP contribution in [-0.4, -0.2) is 37.2 Å². The van der Waals surface area contributed by atoms with Gasteiger partial charge in [0.05, 0.1) is 24.2 Å². The fourth-order valence-corrected chi connectivity index (χ4v) is 2.91. The van der Waals surface area contributed by atoms with E-state index in [1.54, 1.807) is 24.3 Å². The van der Waals surface area contributed by atoms with Crippen LogP contribution >= 0.6 is 0 Å². The van der Waals surface area contributed by atoms with Gasteiger partial charge in [-0.3, -0.25) is 4.84 Å². The Hall–Kier alpha value is -0.950. The first-order chi connectivity index (χ1) is 8.04. The first kappa shape index (κ1) is 12.5. The van der Waals surface area contributed by atoms with Crippen LogP contribution < -0.4 is 0 Å². The summed E-state index contributed by atoms with van der Waals surface area (Å²) in [6.45, 7) is 2.01. The highest BCUT2D eigenvalue weighted by atomic mass is 32.2. The predicted molar refractivity (Wildman–Crippen MR) is 61.7 cm³/mol. The third-order valence-corrected chi connectivity index (χ3v) is 4.33. The van der Waals surface area contributed by atoms with Crippen molar-refractivity contribution in [3.05, 3.63) is 29.8 Å². The van der Waals surface area contributed by atoms with Gasteiger partial charge in [-0.2, -0.15) is 0 Å². The third kappa shape index (κ3) is 2.50. The quantitative estimate of drug-likeness (QED) is 0.858. The summed E-state index contributed by atoms with van der Waals surface area (Å²) in [7, 11) is -3.65. The van der Waals surface area contributed by atoms with Crippen molar-refractivity contribution in [2.45, 2.75) is 24.3 Å². The van der Waals surface area contributed by atoms with Crippen LogP contribution in [0, 0.1) is 0 Å². The average Bonchev–Trinajstić information content (AvgIpc) is 2.77. The Bertz CT molecular complexity index is 483. The predicted octanol–water partition coefficient (Wildman–Crippen LogP) is 0.546. The van der Waals surface area contributed by atoms with Crippen molar-refractivity contribution in [3.63, 3.8) is 0 Å². The molecule has 1 heterocycles. The van der Waals surface area contributed by atoms with Crippen LogP contribution in [0.3, 0.4) is 0 Å². The molecular formula is C11H15NO4S. The number of sulfonamides is 1. The third-order valence-electron chi connectivity index (χ3n) is 2.67. The molecule has 1 aliphatic rings. The van der Waals surface area contributed by atoms with Crippen LogP contribution in [0.5, 0.6) is 0 Å². The summed E-state index contributed by atoms with van der Waals surface area (Å²) < 4.78 is 25.0. The van der Waals surface area contributed by atoms with Crippen LogP contribution in [-0.2, 0) is 21.3 Å². The lowest BCUT2D eigenvalue weighted by Crippen LogP contribution is -2.28. The lowest BCUT2D eigenvalue weighted by atomic mass is 10.2. The minimum atomic E-state index is -3.65. The molecule has 2 rings (SSSR count).